The first-order valence-corrected chi connectivity index (χ1v) is 17.2. The quantitative estimate of drug-likeness (QED) is 0.210. The maximum atomic E-state index is 2.41. The standard InChI is InChI=1S/C37H46P2/c1-22-13-26(5)34(27(6)14-22)38(35-28(7)15-23(2)16-29(35)8)21-39(36-30(9)17-24(3)18-31(36)10)37-32(11)19-25(4)20-33(37)12/h13-20H,21H2,1-12H3. The van der Waals surface area contributed by atoms with Gasteiger partial charge in [0.25, 0.3) is 0 Å². The van der Waals surface area contributed by atoms with Gasteiger partial charge in [0.2, 0.25) is 0 Å². The minimum absolute atomic E-state index is 0.582. The number of benzene rings is 4. The molecule has 0 unspecified atom stereocenters. The van der Waals surface area contributed by atoms with E-state index >= 15 is 0 Å². The Balaban J connectivity index is 2.07. The van der Waals surface area contributed by atoms with Crippen LogP contribution in [0.5, 0.6) is 0 Å². The summed E-state index contributed by atoms with van der Waals surface area (Å²) in [5.74, 6) is 1.18. The van der Waals surface area contributed by atoms with E-state index in [1.807, 2.05) is 0 Å². The van der Waals surface area contributed by atoms with Crippen molar-refractivity contribution >= 4 is 37.1 Å². The average molecular weight is 553 g/mol. The van der Waals surface area contributed by atoms with E-state index in [0.29, 0.717) is 0 Å². The van der Waals surface area contributed by atoms with Gasteiger partial charge in [0.05, 0.1) is 0 Å². The molecule has 0 aromatic heterocycles. The van der Waals surface area contributed by atoms with Gasteiger partial charge in [-0.15, -0.1) is 0 Å². The van der Waals surface area contributed by atoms with Crippen LogP contribution < -0.4 is 21.2 Å². The van der Waals surface area contributed by atoms with E-state index < -0.39 is 15.8 Å². The molecule has 0 atom stereocenters. The molecule has 0 radical (unpaired) electrons. The Morgan fingerprint density at radius 3 is 0.615 bits per heavy atom. The first-order chi connectivity index (χ1) is 18.3. The van der Waals surface area contributed by atoms with Gasteiger partial charge in [0.1, 0.15) is 0 Å². The van der Waals surface area contributed by atoms with Crippen molar-refractivity contribution < 1.29 is 0 Å². The monoisotopic (exact) mass is 552 g/mol. The lowest BCUT2D eigenvalue weighted by molar-refractivity contribution is 1.34. The number of hydrogen-bond donors (Lipinski definition) is 0. The second kappa shape index (κ2) is 11.7. The Bertz CT molecular complexity index is 1230. The van der Waals surface area contributed by atoms with Crippen molar-refractivity contribution in [3.8, 4) is 0 Å². The van der Waals surface area contributed by atoms with Crippen LogP contribution in [0.15, 0.2) is 48.5 Å². The first kappa shape index (κ1) is 29.7. The molecular formula is C37H46P2. The van der Waals surface area contributed by atoms with Crippen LogP contribution in [-0.4, -0.2) is 5.90 Å². The Labute approximate surface area is 240 Å². The molecule has 0 aliphatic carbocycles. The van der Waals surface area contributed by atoms with Gasteiger partial charge in [-0.2, -0.15) is 0 Å². The van der Waals surface area contributed by atoms with Gasteiger partial charge in [-0.05, 0) is 165 Å². The zero-order valence-electron chi connectivity index (χ0n) is 26.2. The summed E-state index contributed by atoms with van der Waals surface area (Å²) in [5.41, 5.74) is 17.0. The highest BCUT2D eigenvalue weighted by molar-refractivity contribution is 7.88. The molecule has 0 aliphatic rings. The fourth-order valence-electron chi connectivity index (χ4n) is 7.04. The summed E-state index contributed by atoms with van der Waals surface area (Å²) in [4.78, 5) is 0. The highest BCUT2D eigenvalue weighted by Gasteiger charge is 2.30. The van der Waals surface area contributed by atoms with Crippen LogP contribution >= 0.6 is 15.8 Å². The smallest absolute Gasteiger partial charge is 0.00413 e. The first-order valence-electron chi connectivity index (χ1n) is 14.1. The van der Waals surface area contributed by atoms with Crippen LogP contribution in [0.3, 0.4) is 0 Å². The molecule has 4 aromatic rings. The lowest BCUT2D eigenvalue weighted by Crippen LogP contribution is -2.28. The third kappa shape index (κ3) is 6.09. The molecule has 0 saturated carbocycles. The zero-order valence-corrected chi connectivity index (χ0v) is 28.0. The molecule has 0 spiro atoms. The van der Waals surface area contributed by atoms with Gasteiger partial charge in [0, 0.05) is 5.90 Å². The maximum Gasteiger partial charge on any atom is 0.00413 e. The second-order valence-corrected chi connectivity index (χ2v) is 16.6. The molecule has 0 saturated heterocycles. The van der Waals surface area contributed by atoms with Gasteiger partial charge in [-0.1, -0.05) is 70.8 Å². The average Bonchev–Trinajstić information content (AvgIpc) is 2.76. The maximum absolute atomic E-state index is 2.41. The Morgan fingerprint density at radius 2 is 0.462 bits per heavy atom. The molecule has 204 valence electrons. The summed E-state index contributed by atoms with van der Waals surface area (Å²) in [6.45, 7) is 27.7. The molecule has 39 heavy (non-hydrogen) atoms. The zero-order chi connectivity index (χ0) is 28.8. The van der Waals surface area contributed by atoms with Crippen molar-refractivity contribution in [1.82, 2.24) is 0 Å². The molecule has 0 N–H and O–H groups in total. The van der Waals surface area contributed by atoms with Gasteiger partial charge in [-0.25, -0.2) is 0 Å². The number of rotatable bonds is 6. The molecular weight excluding hydrogens is 506 g/mol. The van der Waals surface area contributed by atoms with Crippen LogP contribution in [0.1, 0.15) is 66.8 Å². The van der Waals surface area contributed by atoms with Gasteiger partial charge in [-0.3, -0.25) is 0 Å². The molecule has 4 rings (SSSR count). The van der Waals surface area contributed by atoms with Crippen molar-refractivity contribution in [1.29, 1.82) is 0 Å². The normalized spacial score (nSPS) is 11.6. The third-order valence-electron chi connectivity index (χ3n) is 7.90. The third-order valence-corrected chi connectivity index (χ3v) is 15.1. The Hall–Kier alpha value is -2.26. The number of hydrogen-bond acceptors (Lipinski definition) is 0. The summed E-state index contributed by atoms with van der Waals surface area (Å²) in [6.07, 6.45) is 0. The molecule has 0 amide bonds. The van der Waals surface area contributed by atoms with Crippen molar-refractivity contribution in [3.63, 3.8) is 0 Å². The van der Waals surface area contributed by atoms with Crippen molar-refractivity contribution in [2.75, 3.05) is 5.90 Å². The highest BCUT2D eigenvalue weighted by Crippen LogP contribution is 2.52. The molecule has 4 aromatic carbocycles. The van der Waals surface area contributed by atoms with E-state index in [2.05, 4.69) is 132 Å². The molecule has 0 nitrogen and oxygen atoms in total. The van der Waals surface area contributed by atoms with Crippen LogP contribution in [-0.2, 0) is 0 Å². The van der Waals surface area contributed by atoms with E-state index in [9.17, 15) is 0 Å². The molecule has 0 fully saturated rings. The van der Waals surface area contributed by atoms with Crippen LogP contribution in [0, 0.1) is 83.1 Å². The van der Waals surface area contributed by atoms with Crippen molar-refractivity contribution in [2.24, 2.45) is 0 Å². The van der Waals surface area contributed by atoms with Crippen LogP contribution in [0.2, 0.25) is 0 Å². The molecule has 2 heteroatoms. The SMILES string of the molecule is Cc1cc(C)c(P(CP(c2c(C)cc(C)cc2C)c2c(C)cc(C)cc2C)c2c(C)cc(C)cc2C)c(C)c1. The minimum atomic E-state index is -0.582. The fourth-order valence-corrected chi connectivity index (χ4v) is 14.8. The van der Waals surface area contributed by atoms with E-state index in [1.165, 1.54) is 72.7 Å². The summed E-state index contributed by atoms with van der Waals surface area (Å²) >= 11 is 0. The van der Waals surface area contributed by atoms with Gasteiger partial charge >= 0.3 is 0 Å². The fraction of sp³-hybridized carbons (Fsp3) is 0.351. The highest BCUT2D eigenvalue weighted by atomic mass is 31.2. The van der Waals surface area contributed by atoms with Crippen molar-refractivity contribution in [3.05, 3.63) is 115 Å². The topological polar surface area (TPSA) is 0 Å². The van der Waals surface area contributed by atoms with E-state index in [-0.39, 0.29) is 0 Å². The summed E-state index contributed by atoms with van der Waals surface area (Å²) in [6, 6.07) is 19.3. The lowest BCUT2D eigenvalue weighted by atomic mass is 10.1. The molecule has 0 heterocycles. The van der Waals surface area contributed by atoms with E-state index in [0.717, 1.165) is 0 Å². The predicted octanol–water partition coefficient (Wildman–Crippen LogP) is 8.91. The van der Waals surface area contributed by atoms with E-state index in [1.54, 1.807) is 21.2 Å². The summed E-state index contributed by atoms with van der Waals surface area (Å²) in [7, 11) is -1.16. The van der Waals surface area contributed by atoms with E-state index in [4.69, 9.17) is 0 Å². The molecule has 0 bridgehead atoms. The number of aryl methyl sites for hydroxylation is 12. The van der Waals surface area contributed by atoms with Crippen molar-refractivity contribution in [2.45, 2.75) is 83.1 Å². The lowest BCUT2D eigenvalue weighted by Gasteiger charge is -2.33. The van der Waals surface area contributed by atoms with Gasteiger partial charge in [0.15, 0.2) is 0 Å². The summed E-state index contributed by atoms with van der Waals surface area (Å²) in [5, 5.41) is 6.34. The van der Waals surface area contributed by atoms with Crippen LogP contribution in [0.25, 0.3) is 0 Å². The summed E-state index contributed by atoms with van der Waals surface area (Å²) < 4.78 is 0. The van der Waals surface area contributed by atoms with Gasteiger partial charge < -0.3 is 0 Å². The largest absolute Gasteiger partial charge is 0.0557 e. The van der Waals surface area contributed by atoms with Crippen LogP contribution in [0.4, 0.5) is 0 Å². The second-order valence-electron chi connectivity index (χ2n) is 12.0. The predicted molar refractivity (Wildman–Crippen MR) is 180 cm³/mol. The Morgan fingerprint density at radius 1 is 0.308 bits per heavy atom. The Kier molecular flexibility index (Phi) is 8.91. The minimum Gasteiger partial charge on any atom is -0.0557 e. The molecule has 0 aliphatic heterocycles.